The summed E-state index contributed by atoms with van der Waals surface area (Å²) in [5.74, 6) is -2.75. The Morgan fingerprint density at radius 2 is 1.93 bits per heavy atom. The number of hydrogen-bond acceptors (Lipinski definition) is 5. The van der Waals surface area contributed by atoms with E-state index in [1.54, 1.807) is 20.8 Å². The Morgan fingerprint density at radius 3 is 2.20 bits per heavy atom. The van der Waals surface area contributed by atoms with Crippen molar-refractivity contribution < 1.29 is 19.4 Å². The highest BCUT2D eigenvalue weighted by molar-refractivity contribution is 7.80. The van der Waals surface area contributed by atoms with Crippen LogP contribution in [0.1, 0.15) is 20.8 Å². The minimum atomic E-state index is -1.28. The van der Waals surface area contributed by atoms with Crippen LogP contribution >= 0.6 is 12.6 Å². The standard InChI is InChI=1S/C9H17NO4S/c1-9(2,3)14-8(13)5(4-15)6(10)7(11)12/h5-6,15H,4,10H2,1-3H3,(H,11,12)/t5?,6-/m0/s1. The number of thiol groups is 1. The molecule has 0 aliphatic rings. The van der Waals surface area contributed by atoms with Gasteiger partial charge in [-0.05, 0) is 20.8 Å². The Kier molecular flexibility index (Phi) is 5.10. The van der Waals surface area contributed by atoms with Crippen molar-refractivity contribution in [1.29, 1.82) is 0 Å². The number of ether oxygens (including phenoxy) is 1. The predicted molar refractivity (Wildman–Crippen MR) is 58.8 cm³/mol. The number of aliphatic carboxylic acids is 1. The third kappa shape index (κ3) is 5.03. The van der Waals surface area contributed by atoms with E-state index >= 15 is 0 Å². The second kappa shape index (κ2) is 5.37. The monoisotopic (exact) mass is 235 g/mol. The van der Waals surface area contributed by atoms with E-state index in [-0.39, 0.29) is 5.75 Å². The molecule has 0 aromatic rings. The second-order valence-electron chi connectivity index (χ2n) is 4.19. The fraction of sp³-hybridized carbons (Fsp3) is 0.778. The first-order valence-corrected chi connectivity index (χ1v) is 5.14. The molecular weight excluding hydrogens is 218 g/mol. The van der Waals surface area contributed by atoms with E-state index < -0.39 is 29.5 Å². The lowest BCUT2D eigenvalue weighted by Crippen LogP contribution is -2.45. The average molecular weight is 235 g/mol. The van der Waals surface area contributed by atoms with Crippen LogP contribution < -0.4 is 5.73 Å². The van der Waals surface area contributed by atoms with Crippen LogP contribution in [0.15, 0.2) is 0 Å². The second-order valence-corrected chi connectivity index (χ2v) is 4.55. The number of hydrogen-bond donors (Lipinski definition) is 3. The maximum absolute atomic E-state index is 11.5. The SMILES string of the molecule is CC(C)(C)OC(=O)C(CS)[C@H](N)C(=O)O. The van der Waals surface area contributed by atoms with Gasteiger partial charge in [-0.3, -0.25) is 9.59 Å². The molecule has 0 saturated heterocycles. The summed E-state index contributed by atoms with van der Waals surface area (Å²) in [4.78, 5) is 22.1. The lowest BCUT2D eigenvalue weighted by molar-refractivity contribution is -0.162. The maximum atomic E-state index is 11.5. The zero-order valence-corrected chi connectivity index (χ0v) is 9.95. The van der Waals surface area contributed by atoms with E-state index in [0.29, 0.717) is 0 Å². The normalized spacial score (nSPS) is 15.5. The van der Waals surface area contributed by atoms with Gasteiger partial charge in [-0.25, -0.2) is 0 Å². The van der Waals surface area contributed by atoms with Crippen molar-refractivity contribution in [1.82, 2.24) is 0 Å². The summed E-state index contributed by atoms with van der Waals surface area (Å²) >= 11 is 3.89. The molecule has 0 amide bonds. The first-order chi connectivity index (χ1) is 6.69. The van der Waals surface area contributed by atoms with Crippen molar-refractivity contribution in [3.05, 3.63) is 0 Å². The topological polar surface area (TPSA) is 89.6 Å². The van der Waals surface area contributed by atoms with Gasteiger partial charge in [0.15, 0.2) is 0 Å². The van der Waals surface area contributed by atoms with Crippen molar-refractivity contribution >= 4 is 24.6 Å². The van der Waals surface area contributed by atoms with Gasteiger partial charge in [0.25, 0.3) is 0 Å². The van der Waals surface area contributed by atoms with E-state index in [1.807, 2.05) is 0 Å². The van der Waals surface area contributed by atoms with E-state index in [9.17, 15) is 9.59 Å². The highest BCUT2D eigenvalue weighted by atomic mass is 32.1. The van der Waals surface area contributed by atoms with Crippen molar-refractivity contribution in [2.75, 3.05) is 5.75 Å². The number of nitrogens with two attached hydrogens (primary N) is 1. The van der Waals surface area contributed by atoms with E-state index in [2.05, 4.69) is 12.6 Å². The molecule has 6 heteroatoms. The summed E-state index contributed by atoms with van der Waals surface area (Å²) in [7, 11) is 0. The minimum Gasteiger partial charge on any atom is -0.480 e. The molecule has 0 aliphatic carbocycles. The number of carbonyl (C=O) groups excluding carboxylic acids is 1. The van der Waals surface area contributed by atoms with E-state index in [4.69, 9.17) is 15.6 Å². The molecule has 0 radical (unpaired) electrons. The summed E-state index contributed by atoms with van der Waals surface area (Å²) in [6.45, 7) is 5.10. The van der Waals surface area contributed by atoms with Crippen LogP contribution in [0.2, 0.25) is 0 Å². The van der Waals surface area contributed by atoms with Gasteiger partial charge in [0.2, 0.25) is 0 Å². The third-order valence-corrected chi connectivity index (χ3v) is 2.02. The smallest absolute Gasteiger partial charge is 0.321 e. The van der Waals surface area contributed by atoms with Crippen LogP contribution in [0.5, 0.6) is 0 Å². The fourth-order valence-corrected chi connectivity index (χ4v) is 1.26. The Labute approximate surface area is 94.4 Å². The third-order valence-electron chi connectivity index (χ3n) is 1.62. The van der Waals surface area contributed by atoms with Crippen LogP contribution in [0.4, 0.5) is 0 Å². The van der Waals surface area contributed by atoms with Gasteiger partial charge in [0.1, 0.15) is 11.6 Å². The summed E-state index contributed by atoms with van der Waals surface area (Å²) in [5.41, 5.74) is 4.69. The number of carboxylic acid groups (broad SMARTS) is 1. The van der Waals surface area contributed by atoms with Crippen LogP contribution in [0.25, 0.3) is 0 Å². The van der Waals surface area contributed by atoms with Gasteiger partial charge in [-0.1, -0.05) is 0 Å². The Balaban J connectivity index is 4.55. The lowest BCUT2D eigenvalue weighted by atomic mass is 10.0. The molecule has 2 atom stereocenters. The van der Waals surface area contributed by atoms with Crippen LogP contribution in [-0.2, 0) is 14.3 Å². The molecule has 0 aliphatic heterocycles. The lowest BCUT2D eigenvalue weighted by Gasteiger charge is -2.24. The summed E-state index contributed by atoms with van der Waals surface area (Å²) in [6, 6.07) is -1.28. The molecule has 0 rings (SSSR count). The minimum absolute atomic E-state index is 0.0440. The maximum Gasteiger partial charge on any atom is 0.321 e. The van der Waals surface area contributed by atoms with Gasteiger partial charge in [0.05, 0.1) is 5.92 Å². The molecule has 0 aromatic heterocycles. The van der Waals surface area contributed by atoms with Crippen molar-refractivity contribution in [3.63, 3.8) is 0 Å². The quantitative estimate of drug-likeness (QED) is 0.481. The molecule has 0 bridgehead atoms. The number of carboxylic acids is 1. The van der Waals surface area contributed by atoms with E-state index in [1.165, 1.54) is 0 Å². The Hall–Kier alpha value is -0.750. The Morgan fingerprint density at radius 1 is 1.47 bits per heavy atom. The Bertz CT molecular complexity index is 249. The van der Waals surface area contributed by atoms with Gasteiger partial charge in [-0.15, -0.1) is 0 Å². The molecule has 0 spiro atoms. The number of esters is 1. The molecule has 0 aromatic carbocycles. The van der Waals surface area contributed by atoms with Gasteiger partial charge in [-0.2, -0.15) is 12.6 Å². The fourth-order valence-electron chi connectivity index (χ4n) is 0.884. The van der Waals surface area contributed by atoms with E-state index in [0.717, 1.165) is 0 Å². The molecular formula is C9H17NO4S. The van der Waals surface area contributed by atoms with Crippen LogP contribution in [0, 0.1) is 5.92 Å². The van der Waals surface area contributed by atoms with Crippen molar-refractivity contribution in [2.45, 2.75) is 32.4 Å². The zero-order chi connectivity index (χ0) is 12.2. The highest BCUT2D eigenvalue weighted by Crippen LogP contribution is 2.14. The molecule has 5 nitrogen and oxygen atoms in total. The van der Waals surface area contributed by atoms with Gasteiger partial charge in [0, 0.05) is 5.75 Å². The predicted octanol–water partition coefficient (Wildman–Crippen LogP) is 0.286. The molecule has 15 heavy (non-hydrogen) atoms. The first-order valence-electron chi connectivity index (χ1n) is 4.51. The van der Waals surface area contributed by atoms with Gasteiger partial charge < -0.3 is 15.6 Å². The molecule has 88 valence electrons. The molecule has 0 saturated carbocycles. The average Bonchev–Trinajstić information content (AvgIpc) is 2.01. The summed E-state index contributed by atoms with van der Waals surface area (Å²) < 4.78 is 5.03. The van der Waals surface area contributed by atoms with Gasteiger partial charge >= 0.3 is 11.9 Å². The first kappa shape index (κ1) is 14.2. The number of rotatable bonds is 4. The molecule has 0 fully saturated rings. The van der Waals surface area contributed by atoms with Crippen LogP contribution in [0.3, 0.4) is 0 Å². The zero-order valence-electron chi connectivity index (χ0n) is 9.06. The number of carbonyl (C=O) groups is 2. The van der Waals surface area contributed by atoms with Crippen LogP contribution in [-0.4, -0.2) is 34.4 Å². The molecule has 3 N–H and O–H groups in total. The molecule has 0 heterocycles. The highest BCUT2D eigenvalue weighted by Gasteiger charge is 2.33. The molecule has 1 unspecified atom stereocenters. The van der Waals surface area contributed by atoms with Crippen molar-refractivity contribution in [2.24, 2.45) is 11.7 Å². The van der Waals surface area contributed by atoms with Crippen molar-refractivity contribution in [3.8, 4) is 0 Å². The largest absolute Gasteiger partial charge is 0.480 e. The summed E-state index contributed by atoms with van der Waals surface area (Å²) in [6.07, 6.45) is 0. The summed E-state index contributed by atoms with van der Waals surface area (Å²) in [5, 5.41) is 8.66.